The quantitative estimate of drug-likeness (QED) is 0.288. The highest BCUT2D eigenvalue weighted by molar-refractivity contribution is 5.93. The second kappa shape index (κ2) is 8.40. The van der Waals surface area contributed by atoms with E-state index in [0.29, 0.717) is 13.2 Å². The van der Waals surface area contributed by atoms with Gasteiger partial charge < -0.3 is 14.4 Å². The average Bonchev–Trinajstić information content (AvgIpc) is 2.58. The molecule has 0 aliphatic carbocycles. The van der Waals surface area contributed by atoms with Gasteiger partial charge in [-0.05, 0) is 0 Å². The SMILES string of the molecule is COCCOCn1c(/N=C/N(C)C)nc2ncc(C(C)=O)nc2c1=O. The van der Waals surface area contributed by atoms with Crippen molar-refractivity contribution < 1.29 is 14.3 Å². The summed E-state index contributed by atoms with van der Waals surface area (Å²) in [4.78, 5) is 42.5. The van der Waals surface area contributed by atoms with Crippen LogP contribution in [0.1, 0.15) is 17.4 Å². The second-order valence-electron chi connectivity index (χ2n) is 5.37. The lowest BCUT2D eigenvalue weighted by molar-refractivity contribution is 0.0333. The van der Waals surface area contributed by atoms with Crippen molar-refractivity contribution in [3.8, 4) is 0 Å². The van der Waals surface area contributed by atoms with Gasteiger partial charge in [0, 0.05) is 28.1 Å². The molecular formula is C15H20N6O4. The molecular weight excluding hydrogens is 328 g/mol. The van der Waals surface area contributed by atoms with Gasteiger partial charge in [-0.25, -0.2) is 15.0 Å². The number of methoxy groups -OCH3 is 1. The normalized spacial score (nSPS) is 11.4. The van der Waals surface area contributed by atoms with Crippen LogP contribution in [0.15, 0.2) is 16.0 Å². The number of carbonyl (C=O) groups excluding carboxylic acids is 1. The average molecular weight is 348 g/mol. The second-order valence-corrected chi connectivity index (χ2v) is 5.37. The van der Waals surface area contributed by atoms with Gasteiger partial charge in [0.1, 0.15) is 12.4 Å². The molecule has 0 radical (unpaired) electrons. The molecule has 10 nitrogen and oxygen atoms in total. The Bertz CT molecular complexity index is 846. The van der Waals surface area contributed by atoms with Crippen LogP contribution in [-0.2, 0) is 16.2 Å². The number of aromatic nitrogens is 4. The van der Waals surface area contributed by atoms with E-state index in [1.807, 2.05) is 0 Å². The fourth-order valence-electron chi connectivity index (χ4n) is 1.83. The molecule has 2 heterocycles. The van der Waals surface area contributed by atoms with Crippen LogP contribution in [0.3, 0.4) is 0 Å². The van der Waals surface area contributed by atoms with Crippen molar-refractivity contribution in [2.24, 2.45) is 4.99 Å². The number of nitrogens with zero attached hydrogens (tertiary/aromatic N) is 6. The van der Waals surface area contributed by atoms with Crippen LogP contribution in [0.2, 0.25) is 0 Å². The van der Waals surface area contributed by atoms with Crippen LogP contribution < -0.4 is 5.56 Å². The summed E-state index contributed by atoms with van der Waals surface area (Å²) in [6, 6.07) is 0. The molecule has 0 saturated heterocycles. The van der Waals surface area contributed by atoms with Crippen molar-refractivity contribution in [3.05, 3.63) is 22.2 Å². The number of carbonyl (C=O) groups is 1. The Labute approximate surface area is 144 Å². The number of rotatable bonds is 8. The van der Waals surface area contributed by atoms with Crippen molar-refractivity contribution in [2.75, 3.05) is 34.4 Å². The predicted octanol–water partition coefficient (Wildman–Crippen LogP) is 0.231. The number of fused-ring (bicyclic) bond motifs is 1. The largest absolute Gasteiger partial charge is 0.382 e. The molecule has 0 aliphatic rings. The Kier molecular flexibility index (Phi) is 6.25. The van der Waals surface area contributed by atoms with E-state index in [-0.39, 0.29) is 35.3 Å². The number of ether oxygens (including phenoxy) is 2. The Morgan fingerprint density at radius 2 is 2.12 bits per heavy atom. The highest BCUT2D eigenvalue weighted by Gasteiger charge is 2.14. The van der Waals surface area contributed by atoms with Crippen molar-refractivity contribution in [3.63, 3.8) is 0 Å². The summed E-state index contributed by atoms with van der Waals surface area (Å²) in [5, 5.41) is 0. The van der Waals surface area contributed by atoms with E-state index >= 15 is 0 Å². The van der Waals surface area contributed by atoms with E-state index in [4.69, 9.17) is 9.47 Å². The molecule has 10 heteroatoms. The molecule has 0 saturated carbocycles. The first kappa shape index (κ1) is 18.6. The molecule has 25 heavy (non-hydrogen) atoms. The van der Waals surface area contributed by atoms with Crippen molar-refractivity contribution in [2.45, 2.75) is 13.7 Å². The Morgan fingerprint density at radius 3 is 2.76 bits per heavy atom. The summed E-state index contributed by atoms with van der Waals surface area (Å²) in [5.74, 6) is -0.153. The van der Waals surface area contributed by atoms with E-state index in [0.717, 1.165) is 0 Å². The molecule has 0 spiro atoms. The molecule has 0 amide bonds. The van der Waals surface area contributed by atoms with Gasteiger partial charge in [0.25, 0.3) is 5.56 Å². The molecule has 0 N–H and O–H groups in total. The van der Waals surface area contributed by atoms with Gasteiger partial charge >= 0.3 is 0 Å². The van der Waals surface area contributed by atoms with Gasteiger partial charge in [0.05, 0.1) is 25.7 Å². The third-order valence-electron chi connectivity index (χ3n) is 3.07. The monoisotopic (exact) mass is 348 g/mol. The zero-order valence-corrected chi connectivity index (χ0v) is 14.6. The first-order valence-electron chi connectivity index (χ1n) is 7.50. The highest BCUT2D eigenvalue weighted by atomic mass is 16.5. The lowest BCUT2D eigenvalue weighted by atomic mass is 10.3. The van der Waals surface area contributed by atoms with Gasteiger partial charge in [-0.3, -0.25) is 14.2 Å². The van der Waals surface area contributed by atoms with Crippen molar-refractivity contribution >= 4 is 29.2 Å². The number of Topliss-reactive ketones (excluding diaryl/α,β-unsaturated/α-hetero) is 1. The standard InChI is InChI=1S/C15H20N6O4/c1-10(22)11-7-16-13-12(18-11)14(23)21(9-25-6-5-24-4)15(19-13)17-8-20(2)3/h7-8H,5-6,9H2,1-4H3/b17-8+. The van der Waals surface area contributed by atoms with Crippen LogP contribution in [0.25, 0.3) is 11.2 Å². The van der Waals surface area contributed by atoms with E-state index in [1.54, 1.807) is 26.1 Å². The van der Waals surface area contributed by atoms with E-state index in [2.05, 4.69) is 19.9 Å². The van der Waals surface area contributed by atoms with E-state index in [9.17, 15) is 9.59 Å². The maximum atomic E-state index is 12.7. The minimum Gasteiger partial charge on any atom is -0.382 e. The molecule has 0 atom stereocenters. The zero-order valence-electron chi connectivity index (χ0n) is 14.6. The van der Waals surface area contributed by atoms with Crippen LogP contribution in [0.5, 0.6) is 0 Å². The van der Waals surface area contributed by atoms with Crippen LogP contribution >= 0.6 is 0 Å². The van der Waals surface area contributed by atoms with Crippen LogP contribution in [0, 0.1) is 0 Å². The van der Waals surface area contributed by atoms with Gasteiger partial charge in [-0.15, -0.1) is 0 Å². The summed E-state index contributed by atoms with van der Waals surface area (Å²) >= 11 is 0. The summed E-state index contributed by atoms with van der Waals surface area (Å²) < 4.78 is 11.6. The first-order chi connectivity index (χ1) is 11.9. The van der Waals surface area contributed by atoms with Gasteiger partial charge in [0.2, 0.25) is 5.95 Å². The molecule has 0 aromatic carbocycles. The fraction of sp³-hybridized carbons (Fsp3) is 0.467. The molecule has 2 rings (SSSR count). The van der Waals surface area contributed by atoms with E-state index < -0.39 is 5.56 Å². The molecule has 0 unspecified atom stereocenters. The fourth-order valence-corrected chi connectivity index (χ4v) is 1.83. The minimum absolute atomic E-state index is 0.00755. The summed E-state index contributed by atoms with van der Waals surface area (Å²) in [6.45, 7) is 1.97. The smallest absolute Gasteiger partial charge is 0.285 e. The lowest BCUT2D eigenvalue weighted by Gasteiger charge is -2.11. The minimum atomic E-state index is -0.482. The number of ketones is 1. The van der Waals surface area contributed by atoms with Crippen LogP contribution in [0.4, 0.5) is 5.95 Å². The number of hydrogen-bond donors (Lipinski definition) is 0. The maximum absolute atomic E-state index is 12.7. The highest BCUT2D eigenvalue weighted by Crippen LogP contribution is 2.11. The third kappa shape index (κ3) is 4.64. The first-order valence-corrected chi connectivity index (χ1v) is 7.50. The molecule has 2 aromatic rings. The van der Waals surface area contributed by atoms with Gasteiger partial charge in [-0.1, -0.05) is 0 Å². The van der Waals surface area contributed by atoms with Gasteiger partial charge in [-0.2, -0.15) is 4.98 Å². The molecule has 0 bridgehead atoms. The molecule has 2 aromatic heterocycles. The summed E-state index contributed by atoms with van der Waals surface area (Å²) in [5.41, 5.74) is -0.271. The Morgan fingerprint density at radius 1 is 1.36 bits per heavy atom. The lowest BCUT2D eigenvalue weighted by Crippen LogP contribution is -2.25. The zero-order chi connectivity index (χ0) is 18.4. The van der Waals surface area contributed by atoms with E-state index in [1.165, 1.54) is 24.0 Å². The molecule has 134 valence electrons. The summed E-state index contributed by atoms with van der Waals surface area (Å²) in [6.07, 6.45) is 2.80. The Hall–Kier alpha value is -2.72. The summed E-state index contributed by atoms with van der Waals surface area (Å²) in [7, 11) is 5.14. The van der Waals surface area contributed by atoms with Crippen molar-refractivity contribution in [1.82, 2.24) is 24.4 Å². The van der Waals surface area contributed by atoms with Crippen LogP contribution in [-0.4, -0.2) is 71.0 Å². The molecule has 0 aliphatic heterocycles. The maximum Gasteiger partial charge on any atom is 0.285 e. The molecule has 0 fully saturated rings. The Balaban J connectivity index is 2.53. The topological polar surface area (TPSA) is 112 Å². The van der Waals surface area contributed by atoms with Crippen molar-refractivity contribution in [1.29, 1.82) is 0 Å². The third-order valence-corrected chi connectivity index (χ3v) is 3.07. The number of aliphatic imine (C=N–C) groups is 1. The van der Waals surface area contributed by atoms with Gasteiger partial charge in [0.15, 0.2) is 16.9 Å². The number of hydrogen-bond acceptors (Lipinski definition) is 8. The predicted molar refractivity (Wildman–Crippen MR) is 91.3 cm³/mol.